The second-order valence-corrected chi connectivity index (χ2v) is 3.66. The smallest absolute Gasteiger partial charge is 0.199 e. The lowest BCUT2D eigenvalue weighted by Crippen LogP contribution is -2.00. The molecule has 0 atom stereocenters. The Labute approximate surface area is 95.4 Å². The van der Waals surface area contributed by atoms with Crippen molar-refractivity contribution in [1.82, 2.24) is 29.9 Å². The van der Waals surface area contributed by atoms with Crippen LogP contribution in [0.4, 0.5) is 5.82 Å². The van der Waals surface area contributed by atoms with Crippen LogP contribution in [0.5, 0.6) is 0 Å². The highest BCUT2D eigenvalue weighted by Crippen LogP contribution is 2.21. The second kappa shape index (κ2) is 3.24. The number of aromatic nitrogens is 6. The van der Waals surface area contributed by atoms with Gasteiger partial charge in [0.2, 0.25) is 0 Å². The predicted octanol–water partition coefficient (Wildman–Crippen LogP) is 0.373. The first kappa shape index (κ1) is 9.70. The predicted molar refractivity (Wildman–Crippen MR) is 58.0 cm³/mol. The van der Waals surface area contributed by atoms with Gasteiger partial charge in [0.05, 0.1) is 0 Å². The van der Waals surface area contributed by atoms with Crippen molar-refractivity contribution in [3.05, 3.63) is 17.6 Å². The molecule has 0 aliphatic heterocycles. The van der Waals surface area contributed by atoms with Crippen LogP contribution in [0.2, 0.25) is 0 Å². The van der Waals surface area contributed by atoms with E-state index in [9.17, 15) is 0 Å². The lowest BCUT2D eigenvalue weighted by Gasteiger charge is -2.01. The first-order chi connectivity index (χ1) is 8.16. The molecule has 3 rings (SSSR count). The third kappa shape index (κ3) is 1.34. The van der Waals surface area contributed by atoms with Crippen molar-refractivity contribution in [3.63, 3.8) is 0 Å². The number of anilines is 1. The van der Waals surface area contributed by atoms with E-state index in [1.807, 2.05) is 19.9 Å². The second-order valence-electron chi connectivity index (χ2n) is 3.66. The molecule has 2 N–H and O–H groups in total. The van der Waals surface area contributed by atoms with Crippen LogP contribution in [0, 0.1) is 13.8 Å². The van der Waals surface area contributed by atoms with Gasteiger partial charge in [0.15, 0.2) is 23.0 Å². The van der Waals surface area contributed by atoms with E-state index in [2.05, 4.69) is 30.1 Å². The maximum absolute atomic E-state index is 5.63. The molecule has 86 valence electrons. The number of aryl methyl sites for hydroxylation is 2. The molecule has 0 saturated heterocycles. The molecule has 0 bridgehead atoms. The van der Waals surface area contributed by atoms with Crippen LogP contribution in [-0.4, -0.2) is 29.9 Å². The van der Waals surface area contributed by atoms with Crippen molar-refractivity contribution in [2.24, 2.45) is 0 Å². The van der Waals surface area contributed by atoms with Gasteiger partial charge >= 0.3 is 0 Å². The van der Waals surface area contributed by atoms with Gasteiger partial charge in [-0.15, -0.1) is 10.2 Å². The molecule has 3 aromatic rings. The zero-order valence-corrected chi connectivity index (χ0v) is 9.25. The van der Waals surface area contributed by atoms with Crippen molar-refractivity contribution in [3.8, 4) is 11.5 Å². The molecular formula is C9H9N7O. The van der Waals surface area contributed by atoms with Crippen molar-refractivity contribution in [1.29, 1.82) is 0 Å². The Morgan fingerprint density at radius 2 is 2.06 bits per heavy atom. The molecule has 3 heterocycles. The molecule has 0 spiro atoms. The molecule has 0 aliphatic rings. The minimum absolute atomic E-state index is 0.180. The van der Waals surface area contributed by atoms with Crippen LogP contribution >= 0.6 is 0 Å². The van der Waals surface area contributed by atoms with Crippen LogP contribution < -0.4 is 5.73 Å². The van der Waals surface area contributed by atoms with E-state index in [0.29, 0.717) is 17.2 Å². The summed E-state index contributed by atoms with van der Waals surface area (Å²) in [6, 6.07) is 1.83. The fraction of sp³-hybridized carbons (Fsp3) is 0.222. The van der Waals surface area contributed by atoms with Crippen LogP contribution in [-0.2, 0) is 0 Å². The van der Waals surface area contributed by atoms with Crippen LogP contribution in [0.1, 0.15) is 11.5 Å². The number of fused-ring (bicyclic) bond motifs is 1. The third-order valence-electron chi connectivity index (χ3n) is 2.41. The molecule has 3 aromatic heterocycles. The third-order valence-corrected chi connectivity index (χ3v) is 2.41. The van der Waals surface area contributed by atoms with Crippen LogP contribution in [0.25, 0.3) is 17.2 Å². The van der Waals surface area contributed by atoms with E-state index < -0.39 is 0 Å². The average Bonchev–Trinajstić information content (AvgIpc) is 2.83. The van der Waals surface area contributed by atoms with Crippen molar-refractivity contribution < 1.29 is 4.63 Å². The first-order valence-electron chi connectivity index (χ1n) is 4.94. The average molecular weight is 231 g/mol. The van der Waals surface area contributed by atoms with Gasteiger partial charge in [-0.3, -0.25) is 4.40 Å². The Kier molecular flexibility index (Phi) is 1.85. The summed E-state index contributed by atoms with van der Waals surface area (Å²) in [6.07, 6.45) is 0. The van der Waals surface area contributed by atoms with Gasteiger partial charge in [0.1, 0.15) is 5.82 Å². The summed E-state index contributed by atoms with van der Waals surface area (Å²) in [5, 5.41) is 15.3. The van der Waals surface area contributed by atoms with Gasteiger partial charge in [-0.25, -0.2) is 9.61 Å². The fourth-order valence-electron chi connectivity index (χ4n) is 1.74. The number of hydrogen-bond donors (Lipinski definition) is 1. The quantitative estimate of drug-likeness (QED) is 0.644. The Hall–Kier alpha value is -2.51. The highest BCUT2D eigenvalue weighted by Gasteiger charge is 2.17. The number of rotatable bonds is 1. The summed E-state index contributed by atoms with van der Waals surface area (Å²) in [6.45, 7) is 3.75. The maximum atomic E-state index is 5.63. The van der Waals surface area contributed by atoms with Gasteiger partial charge in [-0.1, -0.05) is 0 Å². The van der Waals surface area contributed by atoms with E-state index in [0.717, 1.165) is 11.5 Å². The Morgan fingerprint density at radius 1 is 1.24 bits per heavy atom. The number of nitrogen functional groups attached to an aromatic ring is 1. The Bertz CT molecular complexity index is 699. The molecule has 8 nitrogen and oxygen atoms in total. The zero-order valence-electron chi connectivity index (χ0n) is 9.25. The molecular weight excluding hydrogens is 222 g/mol. The summed E-state index contributed by atoms with van der Waals surface area (Å²) in [4.78, 5) is 4.34. The summed E-state index contributed by atoms with van der Waals surface area (Å²) in [5.74, 6) is 1.41. The van der Waals surface area contributed by atoms with E-state index in [-0.39, 0.29) is 5.82 Å². The molecule has 0 fully saturated rings. The van der Waals surface area contributed by atoms with Gasteiger partial charge in [-0.05, 0) is 24.2 Å². The summed E-state index contributed by atoms with van der Waals surface area (Å²) < 4.78 is 6.31. The molecule has 17 heavy (non-hydrogen) atoms. The highest BCUT2D eigenvalue weighted by molar-refractivity contribution is 5.65. The fourth-order valence-corrected chi connectivity index (χ4v) is 1.74. The zero-order chi connectivity index (χ0) is 12.0. The summed E-state index contributed by atoms with van der Waals surface area (Å²) in [7, 11) is 0. The minimum Gasteiger partial charge on any atom is -0.379 e. The topological polar surface area (TPSA) is 108 Å². The Morgan fingerprint density at radius 3 is 2.76 bits per heavy atom. The standard InChI is InChI=1S/C9H9N7O/c1-4-3-6-12-13-9(16(6)5(2)11-4)7-8(10)15-17-14-7/h3H,1-2H3,(H2,10,15). The van der Waals surface area contributed by atoms with Crippen molar-refractivity contribution >= 4 is 11.5 Å². The molecule has 0 aromatic carbocycles. The molecule has 0 unspecified atom stereocenters. The largest absolute Gasteiger partial charge is 0.379 e. The summed E-state index contributed by atoms with van der Waals surface area (Å²) >= 11 is 0. The maximum Gasteiger partial charge on any atom is 0.199 e. The highest BCUT2D eigenvalue weighted by atomic mass is 16.6. The molecule has 0 radical (unpaired) electrons. The van der Waals surface area contributed by atoms with Crippen LogP contribution in [0.3, 0.4) is 0 Å². The minimum atomic E-state index is 0.180. The number of hydrogen-bond acceptors (Lipinski definition) is 7. The number of nitrogens with zero attached hydrogens (tertiary/aromatic N) is 6. The van der Waals surface area contributed by atoms with E-state index in [4.69, 9.17) is 5.73 Å². The number of nitrogens with two attached hydrogens (primary N) is 1. The van der Waals surface area contributed by atoms with Gasteiger partial charge in [-0.2, -0.15) is 0 Å². The van der Waals surface area contributed by atoms with Gasteiger partial charge in [0.25, 0.3) is 0 Å². The normalized spacial score (nSPS) is 11.2. The van der Waals surface area contributed by atoms with Gasteiger partial charge in [0, 0.05) is 11.8 Å². The lowest BCUT2D eigenvalue weighted by atomic mass is 10.4. The van der Waals surface area contributed by atoms with E-state index >= 15 is 0 Å². The summed E-state index contributed by atoms with van der Waals surface area (Å²) in [5.41, 5.74) is 7.56. The van der Waals surface area contributed by atoms with Crippen LogP contribution in [0.15, 0.2) is 10.7 Å². The van der Waals surface area contributed by atoms with Crippen molar-refractivity contribution in [2.45, 2.75) is 13.8 Å². The van der Waals surface area contributed by atoms with E-state index in [1.54, 1.807) is 4.40 Å². The molecule has 0 amide bonds. The SMILES string of the molecule is Cc1cc2nnc(-c3nonc3N)n2c(C)n1. The molecule has 0 aliphatic carbocycles. The first-order valence-corrected chi connectivity index (χ1v) is 4.94. The monoisotopic (exact) mass is 231 g/mol. The molecule has 8 heteroatoms. The van der Waals surface area contributed by atoms with E-state index in [1.165, 1.54) is 0 Å². The van der Waals surface area contributed by atoms with Gasteiger partial charge < -0.3 is 5.73 Å². The van der Waals surface area contributed by atoms with Crippen molar-refractivity contribution in [2.75, 3.05) is 5.73 Å². The lowest BCUT2D eigenvalue weighted by molar-refractivity contribution is 0.310. The Balaban J connectivity index is 2.36. The molecule has 0 saturated carbocycles.